The van der Waals surface area contributed by atoms with Crippen LogP contribution >= 0.6 is 0 Å². The summed E-state index contributed by atoms with van der Waals surface area (Å²) in [6.07, 6.45) is -0.992. The van der Waals surface area contributed by atoms with Gasteiger partial charge in [-0.15, -0.1) is 0 Å². The van der Waals surface area contributed by atoms with Crippen LogP contribution in [0.2, 0.25) is 0 Å². The molecule has 0 spiro atoms. The summed E-state index contributed by atoms with van der Waals surface area (Å²) in [6.45, 7) is 3.62. The number of hydrogen-bond donors (Lipinski definition) is 0. The van der Waals surface area contributed by atoms with Crippen molar-refractivity contribution in [1.29, 1.82) is 0 Å². The Morgan fingerprint density at radius 3 is 2.54 bits per heavy atom. The average Bonchev–Trinajstić information content (AvgIpc) is 3.05. The van der Waals surface area contributed by atoms with Crippen LogP contribution in [0.15, 0.2) is 34.7 Å². The molecule has 3 aromatic rings. The number of aromatic nitrogens is 2. The third-order valence-corrected chi connectivity index (χ3v) is 4.61. The summed E-state index contributed by atoms with van der Waals surface area (Å²) in [5.41, 5.74) is 0.0829. The van der Waals surface area contributed by atoms with E-state index in [-0.39, 0.29) is 0 Å². The second-order valence-electron chi connectivity index (χ2n) is 6.55. The molecular formula is C19H18F3N3O. The van der Waals surface area contributed by atoms with E-state index in [1.54, 1.807) is 19.1 Å². The molecule has 0 N–H and O–H groups in total. The summed E-state index contributed by atoms with van der Waals surface area (Å²) < 4.78 is 44.8. The van der Waals surface area contributed by atoms with Crippen molar-refractivity contribution in [3.63, 3.8) is 0 Å². The number of furan rings is 1. The molecule has 4 nitrogen and oxygen atoms in total. The molecule has 26 heavy (non-hydrogen) atoms. The first kappa shape index (κ1) is 16.9. The molecule has 0 radical (unpaired) electrons. The Labute approximate surface area is 148 Å². The predicted octanol–water partition coefficient (Wildman–Crippen LogP) is 5.21. The molecule has 0 atom stereocenters. The number of aryl methyl sites for hydroxylation is 1. The third-order valence-electron chi connectivity index (χ3n) is 4.61. The van der Waals surface area contributed by atoms with Crippen molar-refractivity contribution in [3.05, 3.63) is 41.7 Å². The molecule has 0 amide bonds. The molecular weight excluding hydrogens is 343 g/mol. The van der Waals surface area contributed by atoms with Crippen molar-refractivity contribution in [2.75, 3.05) is 18.0 Å². The highest BCUT2D eigenvalue weighted by molar-refractivity contribution is 5.90. The zero-order valence-corrected chi connectivity index (χ0v) is 14.3. The first-order valence-corrected chi connectivity index (χ1v) is 8.62. The zero-order chi connectivity index (χ0) is 18.3. The maximum Gasteiger partial charge on any atom is 0.416 e. The summed E-state index contributed by atoms with van der Waals surface area (Å²) in [5, 5.41) is 0.741. The number of anilines is 1. The minimum Gasteiger partial charge on any atom is -0.438 e. The van der Waals surface area contributed by atoms with Crippen LogP contribution in [0.5, 0.6) is 0 Å². The van der Waals surface area contributed by atoms with E-state index >= 15 is 0 Å². The van der Waals surface area contributed by atoms with Crippen LogP contribution in [0.25, 0.3) is 22.4 Å². The molecule has 0 unspecified atom stereocenters. The fraction of sp³-hybridized carbons (Fsp3) is 0.368. The molecule has 1 aliphatic heterocycles. The van der Waals surface area contributed by atoms with E-state index in [0.29, 0.717) is 22.9 Å². The van der Waals surface area contributed by atoms with Gasteiger partial charge in [-0.25, -0.2) is 4.98 Å². The lowest BCUT2D eigenvalue weighted by Gasteiger charge is -2.28. The molecule has 1 saturated heterocycles. The highest BCUT2D eigenvalue weighted by atomic mass is 19.4. The van der Waals surface area contributed by atoms with E-state index in [9.17, 15) is 13.2 Å². The Morgan fingerprint density at radius 2 is 1.81 bits per heavy atom. The number of alkyl halides is 3. The van der Waals surface area contributed by atoms with Gasteiger partial charge < -0.3 is 9.32 Å². The van der Waals surface area contributed by atoms with Crippen molar-refractivity contribution < 1.29 is 17.6 Å². The zero-order valence-electron chi connectivity index (χ0n) is 14.3. The Morgan fingerprint density at radius 1 is 1.04 bits per heavy atom. The minimum atomic E-state index is -4.39. The number of halogens is 3. The van der Waals surface area contributed by atoms with Gasteiger partial charge in [-0.1, -0.05) is 12.1 Å². The summed E-state index contributed by atoms with van der Waals surface area (Å²) in [7, 11) is 0. The van der Waals surface area contributed by atoms with Crippen molar-refractivity contribution in [3.8, 4) is 11.3 Å². The van der Waals surface area contributed by atoms with Crippen LogP contribution in [0.3, 0.4) is 0 Å². The van der Waals surface area contributed by atoms with Gasteiger partial charge in [-0.3, -0.25) is 0 Å². The average molecular weight is 361 g/mol. The predicted molar refractivity (Wildman–Crippen MR) is 93.0 cm³/mol. The Kier molecular flexibility index (Phi) is 4.09. The standard InChI is InChI=1S/C19H18F3N3O/c1-12-23-17(25-8-3-2-4-9-25)15-11-16(26-18(15)24-12)13-6-5-7-14(10-13)19(20,21)22/h5-7,10-11H,2-4,8-9H2,1H3. The van der Waals surface area contributed by atoms with Gasteiger partial charge in [0.15, 0.2) is 0 Å². The lowest BCUT2D eigenvalue weighted by Crippen LogP contribution is -2.30. The molecule has 1 fully saturated rings. The van der Waals surface area contributed by atoms with Crippen LogP contribution in [-0.4, -0.2) is 23.1 Å². The van der Waals surface area contributed by atoms with Crippen LogP contribution in [0.4, 0.5) is 19.0 Å². The van der Waals surface area contributed by atoms with Gasteiger partial charge in [0, 0.05) is 18.7 Å². The number of nitrogens with zero attached hydrogens (tertiary/aromatic N) is 3. The number of fused-ring (bicyclic) bond motifs is 1. The van der Waals surface area contributed by atoms with Gasteiger partial charge in [0.2, 0.25) is 5.71 Å². The first-order valence-electron chi connectivity index (χ1n) is 8.62. The quantitative estimate of drug-likeness (QED) is 0.629. The lowest BCUT2D eigenvalue weighted by atomic mass is 10.1. The van der Waals surface area contributed by atoms with Crippen LogP contribution in [-0.2, 0) is 6.18 Å². The summed E-state index contributed by atoms with van der Waals surface area (Å²) in [4.78, 5) is 11.1. The van der Waals surface area contributed by atoms with Gasteiger partial charge >= 0.3 is 6.18 Å². The molecule has 2 aromatic heterocycles. The van der Waals surface area contributed by atoms with Crippen LogP contribution in [0, 0.1) is 6.92 Å². The van der Waals surface area contributed by atoms with Crippen molar-refractivity contribution in [2.45, 2.75) is 32.4 Å². The molecule has 1 aromatic carbocycles. The maximum atomic E-state index is 13.0. The van der Waals surface area contributed by atoms with Gasteiger partial charge in [0.05, 0.1) is 10.9 Å². The lowest BCUT2D eigenvalue weighted by molar-refractivity contribution is -0.137. The van der Waals surface area contributed by atoms with Crippen LogP contribution < -0.4 is 4.90 Å². The minimum absolute atomic E-state index is 0.365. The Balaban J connectivity index is 1.81. The molecule has 136 valence electrons. The molecule has 0 saturated carbocycles. The van der Waals surface area contributed by atoms with Gasteiger partial charge in [0.1, 0.15) is 17.4 Å². The van der Waals surface area contributed by atoms with Gasteiger partial charge in [-0.05, 0) is 44.4 Å². The Hall–Kier alpha value is -2.57. The van der Waals surface area contributed by atoms with Crippen molar-refractivity contribution in [2.24, 2.45) is 0 Å². The number of rotatable bonds is 2. The maximum absolute atomic E-state index is 13.0. The fourth-order valence-electron chi connectivity index (χ4n) is 3.35. The fourth-order valence-corrected chi connectivity index (χ4v) is 3.35. The third kappa shape index (κ3) is 3.13. The Bertz CT molecular complexity index is 943. The summed E-state index contributed by atoms with van der Waals surface area (Å²) >= 11 is 0. The van der Waals surface area contributed by atoms with E-state index in [2.05, 4.69) is 14.9 Å². The van der Waals surface area contributed by atoms with Crippen LogP contribution in [0.1, 0.15) is 30.7 Å². The second-order valence-corrected chi connectivity index (χ2v) is 6.55. The summed E-state index contributed by atoms with van der Waals surface area (Å²) in [6, 6.07) is 6.88. The molecule has 1 aliphatic rings. The normalized spacial score (nSPS) is 15.6. The monoisotopic (exact) mass is 361 g/mol. The molecule has 3 heterocycles. The van der Waals surface area contributed by atoms with E-state index in [1.807, 2.05) is 0 Å². The smallest absolute Gasteiger partial charge is 0.416 e. The summed E-state index contributed by atoms with van der Waals surface area (Å²) in [5.74, 6) is 1.75. The van der Waals surface area contributed by atoms with Crippen molar-refractivity contribution >= 4 is 16.9 Å². The highest BCUT2D eigenvalue weighted by Crippen LogP contribution is 2.36. The molecule has 7 heteroatoms. The van der Waals surface area contributed by atoms with E-state index < -0.39 is 11.7 Å². The van der Waals surface area contributed by atoms with E-state index in [4.69, 9.17) is 4.42 Å². The van der Waals surface area contributed by atoms with Gasteiger partial charge in [-0.2, -0.15) is 18.2 Å². The SMILES string of the molecule is Cc1nc(N2CCCCC2)c2cc(-c3cccc(C(F)(F)F)c3)oc2n1. The number of hydrogen-bond acceptors (Lipinski definition) is 4. The van der Waals surface area contributed by atoms with Gasteiger partial charge in [0.25, 0.3) is 0 Å². The molecule has 0 aliphatic carbocycles. The van der Waals surface area contributed by atoms with Crippen molar-refractivity contribution in [1.82, 2.24) is 9.97 Å². The first-order chi connectivity index (χ1) is 12.4. The second kappa shape index (κ2) is 6.30. The molecule has 0 bridgehead atoms. The van der Waals surface area contributed by atoms with E-state index in [1.165, 1.54) is 12.5 Å². The molecule has 4 rings (SSSR count). The van der Waals surface area contributed by atoms with E-state index in [0.717, 1.165) is 49.3 Å². The highest BCUT2D eigenvalue weighted by Gasteiger charge is 2.30. The topological polar surface area (TPSA) is 42.2 Å². The number of piperidine rings is 1. The number of benzene rings is 1. The largest absolute Gasteiger partial charge is 0.438 e.